The number of nitrogen functional groups attached to an aromatic ring is 1. The minimum Gasteiger partial charge on any atom is -0.368 e. The largest absolute Gasteiger partial charge is 0.368 e. The highest BCUT2D eigenvalue weighted by atomic mass is 32.1. The van der Waals surface area contributed by atoms with Crippen LogP contribution in [0.1, 0.15) is 22.9 Å². The van der Waals surface area contributed by atoms with E-state index in [2.05, 4.69) is 35.3 Å². The average molecular weight is 303 g/mol. The van der Waals surface area contributed by atoms with E-state index in [0.717, 1.165) is 9.88 Å². The van der Waals surface area contributed by atoms with Crippen molar-refractivity contribution in [3.05, 3.63) is 28.7 Å². The summed E-state index contributed by atoms with van der Waals surface area (Å²) in [6, 6.07) is -0.0332. The van der Waals surface area contributed by atoms with Gasteiger partial charge in [-0.3, -0.25) is 0 Å². The van der Waals surface area contributed by atoms with E-state index < -0.39 is 0 Å². The van der Waals surface area contributed by atoms with Crippen LogP contribution in [0, 0.1) is 6.92 Å². The Morgan fingerprint density at radius 2 is 2.19 bits per heavy atom. The first-order chi connectivity index (χ1) is 10.1. The van der Waals surface area contributed by atoms with Crippen molar-refractivity contribution in [2.24, 2.45) is 0 Å². The predicted molar refractivity (Wildman–Crippen MR) is 78.0 cm³/mol. The standard InChI is InChI=1S/C11H13N9S/c1-6-3-14-8(21-6)7(2)16-10-17-9(12)18-11(19-10)20-5-13-4-15-20/h3-5,7H,1-2H3,(H3,12,16,17,18,19). The second-order valence-corrected chi connectivity index (χ2v) is 5.60. The van der Waals surface area contributed by atoms with Crippen molar-refractivity contribution in [3.8, 4) is 5.95 Å². The molecule has 3 rings (SSSR count). The van der Waals surface area contributed by atoms with Gasteiger partial charge in [0.05, 0.1) is 6.04 Å². The minimum absolute atomic E-state index is 0.0332. The van der Waals surface area contributed by atoms with Gasteiger partial charge in [0.1, 0.15) is 17.7 Å². The van der Waals surface area contributed by atoms with Gasteiger partial charge in [-0.2, -0.15) is 24.7 Å². The molecule has 21 heavy (non-hydrogen) atoms. The van der Waals surface area contributed by atoms with E-state index in [-0.39, 0.29) is 12.0 Å². The van der Waals surface area contributed by atoms with Crippen LogP contribution < -0.4 is 11.1 Å². The van der Waals surface area contributed by atoms with Crippen LogP contribution in [0.5, 0.6) is 0 Å². The Kier molecular flexibility index (Phi) is 3.44. The van der Waals surface area contributed by atoms with E-state index in [4.69, 9.17) is 5.73 Å². The maximum absolute atomic E-state index is 5.71. The lowest BCUT2D eigenvalue weighted by Crippen LogP contribution is -2.14. The van der Waals surface area contributed by atoms with Gasteiger partial charge in [0.15, 0.2) is 0 Å². The van der Waals surface area contributed by atoms with E-state index in [1.165, 1.54) is 17.3 Å². The summed E-state index contributed by atoms with van der Waals surface area (Å²) in [4.78, 5) is 21.7. The van der Waals surface area contributed by atoms with Crippen LogP contribution in [0.2, 0.25) is 0 Å². The number of hydrogen-bond donors (Lipinski definition) is 2. The zero-order valence-corrected chi connectivity index (χ0v) is 12.2. The fraction of sp³-hybridized carbons (Fsp3) is 0.273. The molecule has 108 valence electrons. The third kappa shape index (κ3) is 2.94. The van der Waals surface area contributed by atoms with Crippen LogP contribution in [0.25, 0.3) is 5.95 Å². The van der Waals surface area contributed by atoms with Crippen molar-refractivity contribution in [1.29, 1.82) is 0 Å². The normalized spacial score (nSPS) is 12.3. The van der Waals surface area contributed by atoms with E-state index >= 15 is 0 Å². The first kappa shape index (κ1) is 13.4. The maximum Gasteiger partial charge on any atom is 0.258 e. The molecule has 3 aromatic heterocycles. The number of nitrogens with zero attached hydrogens (tertiary/aromatic N) is 7. The van der Waals surface area contributed by atoms with Gasteiger partial charge in [-0.15, -0.1) is 11.3 Å². The molecule has 0 aromatic carbocycles. The minimum atomic E-state index is -0.0332. The highest BCUT2D eigenvalue weighted by molar-refractivity contribution is 7.11. The van der Waals surface area contributed by atoms with E-state index in [0.29, 0.717) is 11.9 Å². The van der Waals surface area contributed by atoms with Gasteiger partial charge in [-0.1, -0.05) is 0 Å². The molecular formula is C11H13N9S. The molecule has 0 saturated carbocycles. The Morgan fingerprint density at radius 3 is 2.86 bits per heavy atom. The number of thiazole rings is 1. The summed E-state index contributed by atoms with van der Waals surface area (Å²) >= 11 is 1.62. The first-order valence-corrected chi connectivity index (χ1v) is 6.99. The summed E-state index contributed by atoms with van der Waals surface area (Å²) in [5, 5.41) is 8.08. The van der Waals surface area contributed by atoms with Crippen LogP contribution >= 0.6 is 11.3 Å². The van der Waals surface area contributed by atoms with Gasteiger partial charge >= 0.3 is 0 Å². The molecule has 0 aliphatic heterocycles. The van der Waals surface area contributed by atoms with Gasteiger partial charge in [-0.05, 0) is 13.8 Å². The number of rotatable bonds is 4. The lowest BCUT2D eigenvalue weighted by atomic mass is 10.4. The lowest BCUT2D eigenvalue weighted by molar-refractivity contribution is 0.784. The summed E-state index contributed by atoms with van der Waals surface area (Å²) in [5.74, 6) is 0.791. The Balaban J connectivity index is 1.85. The number of aromatic nitrogens is 7. The van der Waals surface area contributed by atoms with Crippen molar-refractivity contribution >= 4 is 23.2 Å². The third-order valence-electron chi connectivity index (χ3n) is 2.62. The van der Waals surface area contributed by atoms with Crippen molar-refractivity contribution in [2.45, 2.75) is 19.9 Å². The van der Waals surface area contributed by atoms with Gasteiger partial charge in [0, 0.05) is 11.1 Å². The maximum atomic E-state index is 5.71. The quantitative estimate of drug-likeness (QED) is 0.731. The molecule has 0 saturated heterocycles. The second-order valence-electron chi connectivity index (χ2n) is 4.33. The first-order valence-electron chi connectivity index (χ1n) is 6.17. The molecule has 9 nitrogen and oxygen atoms in total. The molecule has 3 N–H and O–H groups in total. The molecule has 3 heterocycles. The third-order valence-corrected chi connectivity index (χ3v) is 3.72. The van der Waals surface area contributed by atoms with Gasteiger partial charge in [-0.25, -0.2) is 9.97 Å². The van der Waals surface area contributed by atoms with Crippen molar-refractivity contribution in [1.82, 2.24) is 34.7 Å². The number of nitrogens with one attached hydrogen (secondary N) is 1. The van der Waals surface area contributed by atoms with Gasteiger partial charge in [0.2, 0.25) is 11.9 Å². The summed E-state index contributed by atoms with van der Waals surface area (Å²) in [5.41, 5.74) is 5.71. The Labute approximate surface area is 124 Å². The zero-order chi connectivity index (χ0) is 14.8. The molecule has 3 aromatic rings. The summed E-state index contributed by atoms with van der Waals surface area (Å²) in [6.07, 6.45) is 4.72. The summed E-state index contributed by atoms with van der Waals surface area (Å²) < 4.78 is 1.42. The Morgan fingerprint density at radius 1 is 1.33 bits per heavy atom. The fourth-order valence-corrected chi connectivity index (χ4v) is 2.46. The van der Waals surface area contributed by atoms with E-state index in [1.807, 2.05) is 20.0 Å². The van der Waals surface area contributed by atoms with E-state index in [9.17, 15) is 0 Å². The van der Waals surface area contributed by atoms with Crippen molar-refractivity contribution in [3.63, 3.8) is 0 Å². The second kappa shape index (κ2) is 5.40. The molecule has 1 unspecified atom stereocenters. The highest BCUT2D eigenvalue weighted by Crippen LogP contribution is 2.22. The van der Waals surface area contributed by atoms with Gasteiger partial charge < -0.3 is 11.1 Å². The molecule has 0 aliphatic carbocycles. The summed E-state index contributed by atoms with van der Waals surface area (Å²) in [7, 11) is 0. The monoisotopic (exact) mass is 303 g/mol. The molecular weight excluding hydrogens is 290 g/mol. The highest BCUT2D eigenvalue weighted by Gasteiger charge is 2.13. The molecule has 1 atom stereocenters. The number of aryl methyl sites for hydroxylation is 1. The topological polar surface area (TPSA) is 120 Å². The predicted octanol–water partition coefficient (Wildman–Crippen LogP) is 0.973. The Bertz CT molecular complexity index is 736. The Hall–Kier alpha value is -2.62. The molecule has 0 amide bonds. The zero-order valence-electron chi connectivity index (χ0n) is 11.4. The number of anilines is 2. The molecule has 0 radical (unpaired) electrons. The van der Waals surface area contributed by atoms with Crippen LogP contribution in [0.3, 0.4) is 0 Å². The van der Waals surface area contributed by atoms with Gasteiger partial charge in [0.25, 0.3) is 5.95 Å². The van der Waals surface area contributed by atoms with Crippen LogP contribution in [-0.2, 0) is 0 Å². The van der Waals surface area contributed by atoms with Crippen LogP contribution in [0.15, 0.2) is 18.9 Å². The number of nitrogens with two attached hydrogens (primary N) is 1. The van der Waals surface area contributed by atoms with Crippen LogP contribution in [0.4, 0.5) is 11.9 Å². The molecule has 0 bridgehead atoms. The number of hydrogen-bond acceptors (Lipinski definition) is 9. The van der Waals surface area contributed by atoms with Crippen molar-refractivity contribution < 1.29 is 0 Å². The SMILES string of the molecule is Cc1cnc(C(C)Nc2nc(N)nc(-n3cncn3)n2)s1. The summed E-state index contributed by atoms with van der Waals surface area (Å²) in [6.45, 7) is 3.99. The molecule has 0 spiro atoms. The van der Waals surface area contributed by atoms with Crippen LogP contribution in [-0.4, -0.2) is 34.7 Å². The molecule has 10 heteroatoms. The smallest absolute Gasteiger partial charge is 0.258 e. The fourth-order valence-electron chi connectivity index (χ4n) is 1.69. The molecule has 0 aliphatic rings. The van der Waals surface area contributed by atoms with Crippen molar-refractivity contribution in [2.75, 3.05) is 11.1 Å². The molecule has 0 fully saturated rings. The average Bonchev–Trinajstić information content (AvgIpc) is 3.08. The lowest BCUT2D eigenvalue weighted by Gasteiger charge is -2.11. The van der Waals surface area contributed by atoms with E-state index in [1.54, 1.807) is 11.3 Å².